The third-order valence-electron chi connectivity index (χ3n) is 5.53. The number of nitrogens with one attached hydrogen (secondary N) is 4. The van der Waals surface area contributed by atoms with Gasteiger partial charge in [-0.2, -0.15) is 0 Å². The normalized spacial score (nSPS) is 12.1. The van der Waals surface area contributed by atoms with Gasteiger partial charge in [-0.25, -0.2) is 17.2 Å². The molecule has 0 spiro atoms. The van der Waals surface area contributed by atoms with Crippen LogP contribution in [0.4, 0.5) is 20.2 Å². The number of hydrogen-bond donors (Lipinski definition) is 5. The summed E-state index contributed by atoms with van der Waals surface area (Å²) in [6.07, 6.45) is -0.845. The Morgan fingerprint density at radius 1 is 0.821 bits per heavy atom. The molecule has 200 valence electrons. The lowest BCUT2D eigenvalue weighted by Crippen LogP contribution is -2.30. The number of carboxylic acids is 1. The van der Waals surface area contributed by atoms with E-state index in [1.54, 1.807) is 24.3 Å². The first-order valence-electron chi connectivity index (χ1n) is 11.3. The van der Waals surface area contributed by atoms with Gasteiger partial charge in [0.1, 0.15) is 28.9 Å². The van der Waals surface area contributed by atoms with Crippen LogP contribution in [0.1, 0.15) is 33.6 Å². The predicted octanol–water partition coefficient (Wildman–Crippen LogP) is 3.90. The molecular formula is C26H20F2N4O6S. The molecule has 13 heteroatoms. The molecule has 0 aromatic heterocycles. The van der Waals surface area contributed by atoms with Crippen LogP contribution < -0.4 is 15.4 Å². The Morgan fingerprint density at radius 2 is 1.41 bits per heavy atom. The van der Waals surface area contributed by atoms with Crippen molar-refractivity contribution in [1.29, 1.82) is 5.41 Å². The Balaban J connectivity index is 1.73. The van der Waals surface area contributed by atoms with Crippen molar-refractivity contribution in [1.82, 2.24) is 4.72 Å². The molecule has 0 saturated carbocycles. The number of fused-ring (bicyclic) bond motifs is 1. The third kappa shape index (κ3) is 6.15. The minimum atomic E-state index is -4.39. The van der Waals surface area contributed by atoms with Gasteiger partial charge in [0, 0.05) is 23.6 Å². The minimum absolute atomic E-state index is 0.0716. The first-order chi connectivity index (χ1) is 18.4. The number of halogens is 2. The number of para-hydroxylation sites is 2. The monoisotopic (exact) mass is 554 g/mol. The summed E-state index contributed by atoms with van der Waals surface area (Å²) in [6.45, 7) is 0. The summed E-state index contributed by atoms with van der Waals surface area (Å²) in [6, 6.07) is 13.5. The zero-order chi connectivity index (χ0) is 28.3. The van der Waals surface area contributed by atoms with E-state index in [2.05, 4.69) is 10.6 Å². The Kier molecular flexibility index (Phi) is 7.54. The zero-order valence-corrected chi connectivity index (χ0v) is 20.7. The molecule has 0 atom stereocenters. The van der Waals surface area contributed by atoms with Gasteiger partial charge in [-0.3, -0.25) is 24.5 Å². The average Bonchev–Trinajstić information content (AvgIpc) is 3.30. The number of aliphatic carboxylic acids is 1. The fourth-order valence-corrected chi connectivity index (χ4v) is 4.82. The number of Topliss-reactive ketones (excluding diaryl/α,β-unsaturated/α-hetero) is 2. The van der Waals surface area contributed by atoms with Crippen molar-refractivity contribution in [2.45, 2.75) is 17.7 Å². The number of carboxylic acid groups (broad SMARTS) is 1. The highest BCUT2D eigenvalue weighted by molar-refractivity contribution is 7.90. The van der Waals surface area contributed by atoms with Crippen molar-refractivity contribution in [3.8, 4) is 0 Å². The van der Waals surface area contributed by atoms with Crippen LogP contribution in [0.5, 0.6) is 0 Å². The standard InChI is InChI=1S/C26H20F2N4O6S/c27-16-10-15(11-17(28)13-16)25(36)23(26-30-19-6-1-2-7-20(19)31-26)24(35)14-4-3-5-18(12-14)39(37,38)32-21(29)8-9-22(33)34/h1-7,10-13,30-31H,8-9H2,(H2,29,32)(H,33,34). The van der Waals surface area contributed by atoms with Crippen molar-refractivity contribution in [2.24, 2.45) is 0 Å². The maximum atomic E-state index is 13.9. The largest absolute Gasteiger partial charge is 0.481 e. The maximum absolute atomic E-state index is 13.9. The molecule has 4 rings (SSSR count). The molecule has 0 aliphatic carbocycles. The van der Waals surface area contributed by atoms with Gasteiger partial charge in [-0.15, -0.1) is 0 Å². The Bertz CT molecular complexity index is 1620. The van der Waals surface area contributed by atoms with Crippen LogP contribution in [0.15, 0.2) is 83.0 Å². The minimum Gasteiger partial charge on any atom is -0.481 e. The van der Waals surface area contributed by atoms with E-state index >= 15 is 0 Å². The molecule has 0 fully saturated rings. The van der Waals surface area contributed by atoms with Gasteiger partial charge in [-0.05, 0) is 36.4 Å². The van der Waals surface area contributed by atoms with Gasteiger partial charge in [-0.1, -0.05) is 24.3 Å². The molecule has 0 bridgehead atoms. The molecule has 39 heavy (non-hydrogen) atoms. The first-order valence-corrected chi connectivity index (χ1v) is 12.8. The van der Waals surface area contributed by atoms with E-state index in [4.69, 9.17) is 10.5 Å². The number of carbonyl (C=O) groups is 3. The van der Waals surface area contributed by atoms with E-state index in [-0.39, 0.29) is 17.8 Å². The van der Waals surface area contributed by atoms with Crippen LogP contribution in [-0.2, 0) is 14.8 Å². The van der Waals surface area contributed by atoms with Crippen molar-refractivity contribution in [3.05, 3.63) is 101 Å². The summed E-state index contributed by atoms with van der Waals surface area (Å²) in [5, 5.41) is 22.2. The van der Waals surface area contributed by atoms with E-state index < -0.39 is 67.5 Å². The summed E-state index contributed by atoms with van der Waals surface area (Å²) < 4.78 is 55.3. The average molecular weight is 555 g/mol. The maximum Gasteiger partial charge on any atom is 0.303 e. The van der Waals surface area contributed by atoms with Crippen molar-refractivity contribution >= 4 is 44.8 Å². The summed E-state index contributed by atoms with van der Waals surface area (Å²) in [5.74, 6) is -5.90. The quantitative estimate of drug-likeness (QED) is 0.0663. The molecule has 5 N–H and O–H groups in total. The molecule has 0 saturated heterocycles. The second kappa shape index (κ2) is 10.8. The molecule has 0 amide bonds. The van der Waals surface area contributed by atoms with Crippen LogP contribution in [-0.4, -0.2) is 36.9 Å². The Hall–Kier alpha value is -4.91. The molecule has 1 aliphatic heterocycles. The second-order valence-corrected chi connectivity index (χ2v) is 10.0. The Labute approximate surface area is 220 Å². The Morgan fingerprint density at radius 3 is 2.00 bits per heavy atom. The van der Waals surface area contributed by atoms with Gasteiger partial charge >= 0.3 is 5.97 Å². The number of benzene rings is 3. The number of ketones is 2. The SMILES string of the molecule is N=C(CCC(=O)O)NS(=O)(=O)c1cccc(C(=O)C(C(=O)c2cc(F)cc(F)c2)=C2Nc3ccccc3N2)c1. The summed E-state index contributed by atoms with van der Waals surface area (Å²) in [7, 11) is -4.39. The number of anilines is 2. The van der Waals surface area contributed by atoms with Crippen LogP contribution in [0.2, 0.25) is 0 Å². The van der Waals surface area contributed by atoms with Crippen LogP contribution >= 0.6 is 0 Å². The van der Waals surface area contributed by atoms with E-state index in [1.807, 2.05) is 4.72 Å². The number of sulfonamides is 1. The molecule has 3 aromatic rings. The lowest BCUT2D eigenvalue weighted by molar-refractivity contribution is -0.136. The third-order valence-corrected chi connectivity index (χ3v) is 6.92. The lowest BCUT2D eigenvalue weighted by atomic mass is 9.95. The molecule has 1 heterocycles. The summed E-state index contributed by atoms with van der Waals surface area (Å²) in [5.41, 5.74) is -0.178. The van der Waals surface area contributed by atoms with Gasteiger partial charge in [0.15, 0.2) is 0 Å². The topological polar surface area (TPSA) is 166 Å². The smallest absolute Gasteiger partial charge is 0.303 e. The molecular weight excluding hydrogens is 534 g/mol. The number of hydrogen-bond acceptors (Lipinski definition) is 8. The summed E-state index contributed by atoms with van der Waals surface area (Å²) >= 11 is 0. The van der Waals surface area contributed by atoms with Crippen LogP contribution in [0, 0.1) is 17.0 Å². The number of amidine groups is 1. The predicted molar refractivity (Wildman–Crippen MR) is 137 cm³/mol. The lowest BCUT2D eigenvalue weighted by Gasteiger charge is -2.13. The van der Waals surface area contributed by atoms with E-state index in [0.29, 0.717) is 17.4 Å². The van der Waals surface area contributed by atoms with Gasteiger partial charge in [0.05, 0.1) is 22.7 Å². The highest BCUT2D eigenvalue weighted by Gasteiger charge is 2.30. The van der Waals surface area contributed by atoms with Gasteiger partial charge in [0.25, 0.3) is 10.0 Å². The van der Waals surface area contributed by atoms with Crippen LogP contribution in [0.25, 0.3) is 0 Å². The molecule has 10 nitrogen and oxygen atoms in total. The molecule has 0 radical (unpaired) electrons. The number of rotatable bonds is 9. The van der Waals surface area contributed by atoms with E-state index in [9.17, 15) is 31.6 Å². The van der Waals surface area contributed by atoms with Gasteiger partial charge in [0.2, 0.25) is 11.6 Å². The molecule has 0 unspecified atom stereocenters. The zero-order valence-electron chi connectivity index (χ0n) is 19.9. The van der Waals surface area contributed by atoms with Crippen molar-refractivity contribution in [2.75, 3.05) is 10.6 Å². The highest BCUT2D eigenvalue weighted by atomic mass is 32.2. The van der Waals surface area contributed by atoms with E-state index in [0.717, 1.165) is 24.3 Å². The van der Waals surface area contributed by atoms with Gasteiger partial charge < -0.3 is 15.7 Å². The number of carbonyl (C=O) groups excluding carboxylic acids is 2. The number of allylic oxidation sites excluding steroid dienone is 1. The van der Waals surface area contributed by atoms with Crippen molar-refractivity contribution < 1.29 is 36.7 Å². The first kappa shape index (κ1) is 27.1. The molecule has 1 aliphatic rings. The molecule has 3 aromatic carbocycles. The fourth-order valence-electron chi connectivity index (χ4n) is 3.74. The fraction of sp³-hybridized carbons (Fsp3) is 0.0769. The van der Waals surface area contributed by atoms with Crippen molar-refractivity contribution in [3.63, 3.8) is 0 Å². The second-order valence-electron chi connectivity index (χ2n) is 8.37. The van der Waals surface area contributed by atoms with E-state index in [1.165, 1.54) is 12.1 Å². The summed E-state index contributed by atoms with van der Waals surface area (Å²) in [4.78, 5) is 37.4. The van der Waals surface area contributed by atoms with Crippen LogP contribution in [0.3, 0.4) is 0 Å². The highest BCUT2D eigenvalue weighted by Crippen LogP contribution is 2.33.